The summed E-state index contributed by atoms with van der Waals surface area (Å²) >= 11 is 3.44. The van der Waals surface area contributed by atoms with E-state index >= 15 is 0 Å². The second-order valence-corrected chi connectivity index (χ2v) is 4.96. The largest absolute Gasteiger partial charge is 0.496 e. The first kappa shape index (κ1) is 14.5. The number of rotatable bonds is 7. The minimum Gasteiger partial charge on any atom is -0.496 e. The molecule has 0 aromatic heterocycles. The zero-order valence-corrected chi connectivity index (χ0v) is 12.3. The second kappa shape index (κ2) is 7.69. The SMILES string of the molecule is CCNCC(C)NCc1ccc(Br)cc1OC. The molecule has 0 fully saturated rings. The molecule has 0 spiro atoms. The van der Waals surface area contributed by atoms with Gasteiger partial charge in [-0.05, 0) is 25.6 Å². The molecule has 3 nitrogen and oxygen atoms in total. The van der Waals surface area contributed by atoms with Crippen LogP contribution < -0.4 is 15.4 Å². The highest BCUT2D eigenvalue weighted by Gasteiger charge is 2.05. The lowest BCUT2D eigenvalue weighted by molar-refractivity contribution is 0.404. The van der Waals surface area contributed by atoms with Gasteiger partial charge in [-0.2, -0.15) is 0 Å². The van der Waals surface area contributed by atoms with E-state index in [1.165, 1.54) is 5.56 Å². The minimum absolute atomic E-state index is 0.448. The number of benzene rings is 1. The molecule has 1 atom stereocenters. The summed E-state index contributed by atoms with van der Waals surface area (Å²) in [7, 11) is 1.70. The van der Waals surface area contributed by atoms with Gasteiger partial charge < -0.3 is 15.4 Å². The summed E-state index contributed by atoms with van der Waals surface area (Å²) in [6.07, 6.45) is 0. The fourth-order valence-corrected chi connectivity index (χ4v) is 1.92. The van der Waals surface area contributed by atoms with E-state index < -0.39 is 0 Å². The van der Waals surface area contributed by atoms with Crippen molar-refractivity contribution in [1.29, 1.82) is 0 Å². The standard InChI is InChI=1S/C13H21BrN2O/c1-4-15-8-10(2)16-9-11-5-6-12(14)7-13(11)17-3/h5-7,10,15-16H,4,8-9H2,1-3H3. The van der Waals surface area contributed by atoms with Gasteiger partial charge in [0.25, 0.3) is 0 Å². The summed E-state index contributed by atoms with van der Waals surface area (Å²) in [5, 5.41) is 6.79. The summed E-state index contributed by atoms with van der Waals surface area (Å²) < 4.78 is 6.39. The molecule has 0 saturated carbocycles. The maximum Gasteiger partial charge on any atom is 0.124 e. The fraction of sp³-hybridized carbons (Fsp3) is 0.538. The molecular weight excluding hydrogens is 280 g/mol. The van der Waals surface area contributed by atoms with Crippen molar-refractivity contribution in [3.8, 4) is 5.75 Å². The van der Waals surface area contributed by atoms with Crippen LogP contribution in [0.2, 0.25) is 0 Å². The van der Waals surface area contributed by atoms with Crippen molar-refractivity contribution in [3.63, 3.8) is 0 Å². The Morgan fingerprint density at radius 3 is 2.82 bits per heavy atom. The van der Waals surface area contributed by atoms with Gasteiger partial charge in [0.05, 0.1) is 7.11 Å². The van der Waals surface area contributed by atoms with Crippen molar-refractivity contribution in [2.45, 2.75) is 26.4 Å². The Kier molecular flexibility index (Phi) is 6.55. The molecule has 1 unspecified atom stereocenters. The summed E-state index contributed by atoms with van der Waals surface area (Å²) in [6.45, 7) is 7.10. The Morgan fingerprint density at radius 2 is 2.18 bits per heavy atom. The van der Waals surface area contributed by atoms with E-state index in [0.29, 0.717) is 6.04 Å². The molecule has 0 heterocycles. The number of hydrogen-bond donors (Lipinski definition) is 2. The van der Waals surface area contributed by atoms with Crippen LogP contribution in [-0.4, -0.2) is 26.2 Å². The van der Waals surface area contributed by atoms with Crippen LogP contribution >= 0.6 is 15.9 Å². The first-order valence-electron chi connectivity index (χ1n) is 5.93. The van der Waals surface area contributed by atoms with Gasteiger partial charge in [0.2, 0.25) is 0 Å². The van der Waals surface area contributed by atoms with Crippen LogP contribution in [0.3, 0.4) is 0 Å². The van der Waals surface area contributed by atoms with Crippen LogP contribution in [0.5, 0.6) is 5.75 Å². The second-order valence-electron chi connectivity index (χ2n) is 4.05. The molecule has 1 aromatic rings. The fourth-order valence-electron chi connectivity index (χ4n) is 1.58. The van der Waals surface area contributed by atoms with Gasteiger partial charge in [0, 0.05) is 29.2 Å². The van der Waals surface area contributed by atoms with E-state index in [9.17, 15) is 0 Å². The smallest absolute Gasteiger partial charge is 0.124 e. The quantitative estimate of drug-likeness (QED) is 0.812. The van der Waals surface area contributed by atoms with Gasteiger partial charge >= 0.3 is 0 Å². The normalized spacial score (nSPS) is 12.5. The third-order valence-electron chi connectivity index (χ3n) is 2.59. The predicted molar refractivity (Wildman–Crippen MR) is 75.5 cm³/mol. The van der Waals surface area contributed by atoms with E-state index in [1.807, 2.05) is 12.1 Å². The molecule has 0 bridgehead atoms. The summed E-state index contributed by atoms with van der Waals surface area (Å²) in [5.74, 6) is 0.919. The van der Waals surface area contributed by atoms with E-state index in [4.69, 9.17) is 4.74 Å². The molecule has 1 aromatic carbocycles. The van der Waals surface area contributed by atoms with E-state index in [2.05, 4.69) is 46.5 Å². The maximum absolute atomic E-state index is 5.35. The van der Waals surface area contributed by atoms with Crippen LogP contribution in [0.25, 0.3) is 0 Å². The topological polar surface area (TPSA) is 33.3 Å². The van der Waals surface area contributed by atoms with E-state index in [0.717, 1.165) is 29.9 Å². The Bertz CT molecular complexity index is 344. The Balaban J connectivity index is 2.50. The number of nitrogens with one attached hydrogen (secondary N) is 2. The third kappa shape index (κ3) is 5.06. The Labute approximate surface area is 112 Å². The van der Waals surface area contributed by atoms with Crippen molar-refractivity contribution in [3.05, 3.63) is 28.2 Å². The van der Waals surface area contributed by atoms with Crippen molar-refractivity contribution >= 4 is 15.9 Å². The molecule has 2 N–H and O–H groups in total. The zero-order chi connectivity index (χ0) is 12.7. The molecule has 4 heteroatoms. The van der Waals surface area contributed by atoms with Crippen LogP contribution in [0.4, 0.5) is 0 Å². The molecule has 0 aliphatic heterocycles. The zero-order valence-electron chi connectivity index (χ0n) is 10.7. The minimum atomic E-state index is 0.448. The highest BCUT2D eigenvalue weighted by atomic mass is 79.9. The van der Waals surface area contributed by atoms with Gasteiger partial charge in [0.1, 0.15) is 5.75 Å². The molecule has 1 rings (SSSR count). The van der Waals surface area contributed by atoms with E-state index in [-0.39, 0.29) is 0 Å². The van der Waals surface area contributed by atoms with Crippen molar-refractivity contribution < 1.29 is 4.74 Å². The van der Waals surface area contributed by atoms with Gasteiger partial charge in [0.15, 0.2) is 0 Å². The lowest BCUT2D eigenvalue weighted by Gasteiger charge is -2.15. The van der Waals surface area contributed by atoms with Gasteiger partial charge in [-0.3, -0.25) is 0 Å². The summed E-state index contributed by atoms with van der Waals surface area (Å²) in [4.78, 5) is 0. The van der Waals surface area contributed by atoms with Crippen molar-refractivity contribution in [1.82, 2.24) is 10.6 Å². The molecular formula is C13H21BrN2O. The summed E-state index contributed by atoms with van der Waals surface area (Å²) in [6, 6.07) is 6.55. The van der Waals surface area contributed by atoms with Crippen LogP contribution in [-0.2, 0) is 6.54 Å². The lowest BCUT2D eigenvalue weighted by atomic mass is 10.2. The molecule has 96 valence electrons. The number of methoxy groups -OCH3 is 1. The molecule has 17 heavy (non-hydrogen) atoms. The monoisotopic (exact) mass is 300 g/mol. The average molecular weight is 301 g/mol. The van der Waals surface area contributed by atoms with Crippen LogP contribution in [0.15, 0.2) is 22.7 Å². The predicted octanol–water partition coefficient (Wildman–Crippen LogP) is 2.55. The average Bonchev–Trinajstić information content (AvgIpc) is 2.34. The molecule has 0 radical (unpaired) electrons. The molecule has 0 aliphatic carbocycles. The maximum atomic E-state index is 5.35. The van der Waals surface area contributed by atoms with Gasteiger partial charge in [-0.15, -0.1) is 0 Å². The van der Waals surface area contributed by atoms with Gasteiger partial charge in [-0.25, -0.2) is 0 Å². The lowest BCUT2D eigenvalue weighted by Crippen LogP contribution is -2.35. The van der Waals surface area contributed by atoms with Crippen molar-refractivity contribution in [2.75, 3.05) is 20.2 Å². The number of ether oxygens (including phenoxy) is 1. The van der Waals surface area contributed by atoms with Crippen LogP contribution in [0.1, 0.15) is 19.4 Å². The van der Waals surface area contributed by atoms with Crippen LogP contribution in [0, 0.1) is 0 Å². The highest BCUT2D eigenvalue weighted by Crippen LogP contribution is 2.23. The van der Waals surface area contributed by atoms with Crippen molar-refractivity contribution in [2.24, 2.45) is 0 Å². The number of likely N-dealkylation sites (N-methyl/N-ethyl adjacent to an activating group) is 1. The first-order valence-corrected chi connectivity index (χ1v) is 6.73. The van der Waals surface area contributed by atoms with E-state index in [1.54, 1.807) is 7.11 Å². The van der Waals surface area contributed by atoms with Gasteiger partial charge in [-0.1, -0.05) is 28.9 Å². The third-order valence-corrected chi connectivity index (χ3v) is 3.08. The number of halogens is 1. The molecule has 0 amide bonds. The molecule has 0 saturated heterocycles. The Hall–Kier alpha value is -0.580. The summed E-state index contributed by atoms with van der Waals surface area (Å²) in [5.41, 5.74) is 1.18. The first-order chi connectivity index (χ1) is 8.17. The molecule has 0 aliphatic rings. The Morgan fingerprint density at radius 1 is 1.41 bits per heavy atom. The number of hydrogen-bond acceptors (Lipinski definition) is 3. The highest BCUT2D eigenvalue weighted by molar-refractivity contribution is 9.10.